The Kier molecular flexibility index (Phi) is 3.40. The van der Waals surface area contributed by atoms with Gasteiger partial charge in [-0.3, -0.25) is 0 Å². The number of halogens is 1. The lowest BCUT2D eigenvalue weighted by Crippen LogP contribution is -1.96. The number of aliphatic hydroxyl groups excluding tert-OH is 1. The Balaban J connectivity index is 2.26. The molecule has 2 aromatic rings. The molecule has 3 heteroatoms. The first-order chi connectivity index (χ1) is 8.16. The molecule has 17 heavy (non-hydrogen) atoms. The van der Waals surface area contributed by atoms with Crippen LogP contribution in [-0.4, -0.2) is 5.11 Å². The Morgan fingerprint density at radius 3 is 2.41 bits per heavy atom. The number of rotatable bonds is 3. The van der Waals surface area contributed by atoms with Gasteiger partial charge in [-0.15, -0.1) is 0 Å². The summed E-state index contributed by atoms with van der Waals surface area (Å²) >= 11 is 0. The Hall–Kier alpha value is -1.87. The van der Waals surface area contributed by atoms with E-state index in [9.17, 15) is 9.50 Å². The number of hydrogen-bond acceptors (Lipinski definition) is 2. The summed E-state index contributed by atoms with van der Waals surface area (Å²) in [4.78, 5) is 0. The average Bonchev–Trinajstić information content (AvgIpc) is 2.32. The molecule has 0 amide bonds. The predicted octanol–water partition coefficient (Wildman–Crippen LogP) is 3.67. The molecular weight excluding hydrogens is 219 g/mol. The van der Waals surface area contributed by atoms with E-state index in [0.717, 1.165) is 0 Å². The molecule has 0 aromatic heterocycles. The van der Waals surface area contributed by atoms with Crippen LogP contribution in [0.1, 0.15) is 18.6 Å². The van der Waals surface area contributed by atoms with E-state index in [1.807, 2.05) is 30.3 Å². The lowest BCUT2D eigenvalue weighted by atomic mass is 10.1. The molecule has 0 saturated carbocycles. The van der Waals surface area contributed by atoms with E-state index in [-0.39, 0.29) is 5.56 Å². The van der Waals surface area contributed by atoms with Crippen molar-refractivity contribution >= 4 is 0 Å². The summed E-state index contributed by atoms with van der Waals surface area (Å²) in [6.07, 6.45) is -0.852. The van der Waals surface area contributed by atoms with Crippen LogP contribution in [0.15, 0.2) is 48.5 Å². The number of benzene rings is 2. The lowest BCUT2D eigenvalue weighted by molar-refractivity contribution is 0.193. The first kappa shape index (κ1) is 11.6. The molecule has 1 N–H and O–H groups in total. The van der Waals surface area contributed by atoms with Gasteiger partial charge in [-0.1, -0.05) is 18.2 Å². The number of para-hydroxylation sites is 1. The molecule has 0 radical (unpaired) electrons. The van der Waals surface area contributed by atoms with E-state index in [1.165, 1.54) is 25.1 Å². The van der Waals surface area contributed by atoms with Gasteiger partial charge in [0.25, 0.3) is 0 Å². The molecule has 2 nitrogen and oxygen atoms in total. The van der Waals surface area contributed by atoms with Crippen LogP contribution >= 0.6 is 0 Å². The maximum Gasteiger partial charge on any atom is 0.129 e. The Morgan fingerprint density at radius 2 is 1.76 bits per heavy atom. The minimum Gasteiger partial charge on any atom is -0.457 e. The number of ether oxygens (including phenoxy) is 1. The predicted molar refractivity (Wildman–Crippen MR) is 63.5 cm³/mol. The van der Waals surface area contributed by atoms with Gasteiger partial charge in [-0.05, 0) is 37.3 Å². The van der Waals surface area contributed by atoms with Crippen molar-refractivity contribution in [3.8, 4) is 11.5 Å². The number of aliphatic hydroxyl groups is 1. The zero-order valence-electron chi connectivity index (χ0n) is 9.43. The minimum absolute atomic E-state index is 0.235. The van der Waals surface area contributed by atoms with Crippen LogP contribution in [-0.2, 0) is 0 Å². The lowest BCUT2D eigenvalue weighted by Gasteiger charge is -2.10. The van der Waals surface area contributed by atoms with Crippen LogP contribution in [0, 0.1) is 5.82 Å². The normalized spacial score (nSPS) is 12.2. The largest absolute Gasteiger partial charge is 0.457 e. The second kappa shape index (κ2) is 4.97. The molecular formula is C14H13FO2. The van der Waals surface area contributed by atoms with Crippen molar-refractivity contribution in [2.75, 3.05) is 0 Å². The van der Waals surface area contributed by atoms with E-state index in [4.69, 9.17) is 4.74 Å². The molecule has 0 spiro atoms. The maximum atomic E-state index is 13.3. The highest BCUT2D eigenvalue weighted by molar-refractivity contribution is 5.35. The Labute approximate surface area is 99.3 Å². The summed E-state index contributed by atoms with van der Waals surface area (Å²) < 4.78 is 18.9. The molecule has 0 saturated heterocycles. The molecule has 0 heterocycles. The van der Waals surface area contributed by atoms with Crippen LogP contribution in [0.2, 0.25) is 0 Å². The van der Waals surface area contributed by atoms with Gasteiger partial charge in [0.1, 0.15) is 17.3 Å². The molecule has 0 aliphatic carbocycles. The minimum atomic E-state index is -0.852. The highest BCUT2D eigenvalue weighted by atomic mass is 19.1. The zero-order chi connectivity index (χ0) is 12.3. The van der Waals surface area contributed by atoms with Crippen molar-refractivity contribution in [3.63, 3.8) is 0 Å². The van der Waals surface area contributed by atoms with E-state index in [0.29, 0.717) is 11.5 Å². The van der Waals surface area contributed by atoms with Gasteiger partial charge in [0.15, 0.2) is 0 Å². The third kappa shape index (κ3) is 2.82. The smallest absolute Gasteiger partial charge is 0.129 e. The molecule has 0 bridgehead atoms. The van der Waals surface area contributed by atoms with Crippen LogP contribution < -0.4 is 4.74 Å². The van der Waals surface area contributed by atoms with Crippen LogP contribution in [0.25, 0.3) is 0 Å². The van der Waals surface area contributed by atoms with Gasteiger partial charge in [0.2, 0.25) is 0 Å². The van der Waals surface area contributed by atoms with Crippen LogP contribution in [0.3, 0.4) is 0 Å². The summed E-state index contributed by atoms with van der Waals surface area (Å²) in [6.45, 7) is 1.52. The van der Waals surface area contributed by atoms with Crippen molar-refractivity contribution in [1.82, 2.24) is 0 Å². The van der Waals surface area contributed by atoms with Gasteiger partial charge >= 0.3 is 0 Å². The van der Waals surface area contributed by atoms with Gasteiger partial charge in [0, 0.05) is 5.56 Å². The number of hydrogen-bond donors (Lipinski definition) is 1. The monoisotopic (exact) mass is 232 g/mol. The van der Waals surface area contributed by atoms with Gasteiger partial charge in [-0.2, -0.15) is 0 Å². The zero-order valence-corrected chi connectivity index (χ0v) is 9.43. The maximum absolute atomic E-state index is 13.3. The second-order valence-corrected chi connectivity index (χ2v) is 3.77. The van der Waals surface area contributed by atoms with Crippen LogP contribution in [0.5, 0.6) is 11.5 Å². The topological polar surface area (TPSA) is 29.5 Å². The molecule has 88 valence electrons. The highest BCUT2D eigenvalue weighted by Gasteiger charge is 2.09. The molecule has 2 aromatic carbocycles. The SMILES string of the molecule is CC(O)c1cc(Oc2ccccc2)ccc1F. The standard InChI is InChI=1S/C14H13FO2/c1-10(16)13-9-12(7-8-14(13)15)17-11-5-3-2-4-6-11/h2-10,16H,1H3. The first-order valence-corrected chi connectivity index (χ1v) is 5.37. The quantitative estimate of drug-likeness (QED) is 0.874. The van der Waals surface area contributed by atoms with Crippen LogP contribution in [0.4, 0.5) is 4.39 Å². The Bertz CT molecular complexity index is 495. The first-order valence-electron chi connectivity index (χ1n) is 5.37. The van der Waals surface area contributed by atoms with E-state index in [2.05, 4.69) is 0 Å². The molecule has 1 unspecified atom stereocenters. The summed E-state index contributed by atoms with van der Waals surface area (Å²) in [7, 11) is 0. The van der Waals surface area contributed by atoms with Crippen molar-refractivity contribution in [2.24, 2.45) is 0 Å². The fraction of sp³-hybridized carbons (Fsp3) is 0.143. The van der Waals surface area contributed by atoms with Crippen molar-refractivity contribution in [2.45, 2.75) is 13.0 Å². The van der Waals surface area contributed by atoms with Gasteiger partial charge in [-0.25, -0.2) is 4.39 Å². The molecule has 2 rings (SSSR count). The van der Waals surface area contributed by atoms with E-state index in [1.54, 1.807) is 0 Å². The van der Waals surface area contributed by atoms with Crippen molar-refractivity contribution < 1.29 is 14.2 Å². The second-order valence-electron chi connectivity index (χ2n) is 3.77. The van der Waals surface area contributed by atoms with E-state index < -0.39 is 11.9 Å². The van der Waals surface area contributed by atoms with Gasteiger partial charge in [0.05, 0.1) is 6.10 Å². The summed E-state index contributed by atoms with van der Waals surface area (Å²) in [5.41, 5.74) is 0.235. The van der Waals surface area contributed by atoms with Crippen molar-refractivity contribution in [3.05, 3.63) is 59.9 Å². The fourth-order valence-electron chi connectivity index (χ4n) is 1.53. The average molecular weight is 232 g/mol. The molecule has 0 aliphatic rings. The Morgan fingerprint density at radius 1 is 1.06 bits per heavy atom. The highest BCUT2D eigenvalue weighted by Crippen LogP contribution is 2.26. The molecule has 0 fully saturated rings. The molecule has 1 atom stereocenters. The third-order valence-electron chi connectivity index (χ3n) is 2.40. The summed E-state index contributed by atoms with van der Waals surface area (Å²) in [6, 6.07) is 13.6. The summed E-state index contributed by atoms with van der Waals surface area (Å²) in [5, 5.41) is 9.40. The van der Waals surface area contributed by atoms with E-state index >= 15 is 0 Å². The van der Waals surface area contributed by atoms with Gasteiger partial charge < -0.3 is 9.84 Å². The fourth-order valence-corrected chi connectivity index (χ4v) is 1.53. The van der Waals surface area contributed by atoms with Crippen molar-refractivity contribution in [1.29, 1.82) is 0 Å². The molecule has 0 aliphatic heterocycles. The summed E-state index contributed by atoms with van der Waals surface area (Å²) in [5.74, 6) is 0.754. The third-order valence-corrected chi connectivity index (χ3v) is 2.40.